The molecule has 2 aromatic rings. The second-order valence-corrected chi connectivity index (χ2v) is 6.09. The van der Waals surface area contributed by atoms with E-state index in [0.717, 1.165) is 22.4 Å². The molecular weight excluding hydrogens is 332 g/mol. The van der Waals surface area contributed by atoms with Crippen LogP contribution in [0.5, 0.6) is 5.75 Å². The van der Waals surface area contributed by atoms with Gasteiger partial charge in [-0.25, -0.2) is 9.59 Å². The monoisotopic (exact) mass is 356 g/mol. The van der Waals surface area contributed by atoms with Gasteiger partial charge in [0.05, 0.1) is 0 Å². The van der Waals surface area contributed by atoms with Crippen LogP contribution in [-0.4, -0.2) is 31.3 Å². The van der Waals surface area contributed by atoms with Crippen LogP contribution in [0.1, 0.15) is 16.7 Å². The molecule has 0 aromatic heterocycles. The number of rotatable bonds is 8. The first-order chi connectivity index (χ1) is 12.4. The lowest BCUT2D eigenvalue weighted by Crippen LogP contribution is -2.46. The van der Waals surface area contributed by atoms with Gasteiger partial charge in [-0.1, -0.05) is 36.4 Å². The number of urea groups is 1. The molecular formula is C20H24N2O4. The Balaban J connectivity index is 1.85. The number of ether oxygens (including phenoxy) is 2. The summed E-state index contributed by atoms with van der Waals surface area (Å²) in [5, 5.41) is 2.43. The van der Waals surface area contributed by atoms with Crippen molar-refractivity contribution < 1.29 is 19.1 Å². The third-order valence-corrected chi connectivity index (χ3v) is 3.68. The zero-order chi connectivity index (χ0) is 18.9. The Kier molecular flexibility index (Phi) is 7.02. The van der Waals surface area contributed by atoms with Crippen molar-refractivity contribution >= 4 is 12.0 Å². The first-order valence-corrected chi connectivity index (χ1v) is 8.41. The predicted octanol–water partition coefficient (Wildman–Crippen LogP) is 2.51. The number of nitrogens with one attached hydrogen (secondary N) is 1. The predicted molar refractivity (Wildman–Crippen MR) is 99.0 cm³/mol. The van der Waals surface area contributed by atoms with Crippen molar-refractivity contribution in [2.45, 2.75) is 26.3 Å². The van der Waals surface area contributed by atoms with E-state index in [1.165, 1.54) is 0 Å². The lowest BCUT2D eigenvalue weighted by molar-refractivity contribution is -0.146. The van der Waals surface area contributed by atoms with Crippen LogP contribution < -0.4 is 15.8 Å². The summed E-state index contributed by atoms with van der Waals surface area (Å²) in [6.45, 7) is 4.29. The summed E-state index contributed by atoms with van der Waals surface area (Å²) in [7, 11) is 0. The second kappa shape index (κ2) is 9.46. The Labute approximate surface area is 153 Å². The summed E-state index contributed by atoms with van der Waals surface area (Å²) < 4.78 is 10.8. The first-order valence-electron chi connectivity index (χ1n) is 8.41. The van der Waals surface area contributed by atoms with Gasteiger partial charge < -0.3 is 20.5 Å². The molecule has 0 fully saturated rings. The SMILES string of the molecule is Cc1cc(C)cc(OCCOC(=O)[C@H](Cc2ccccc2)NC(N)=O)c1. The largest absolute Gasteiger partial charge is 0.490 e. The zero-order valence-electron chi connectivity index (χ0n) is 15.0. The summed E-state index contributed by atoms with van der Waals surface area (Å²) in [5.74, 6) is 0.186. The van der Waals surface area contributed by atoms with E-state index in [0.29, 0.717) is 6.42 Å². The Hall–Kier alpha value is -3.02. The van der Waals surface area contributed by atoms with Gasteiger partial charge in [0.15, 0.2) is 0 Å². The van der Waals surface area contributed by atoms with Gasteiger partial charge in [0.2, 0.25) is 0 Å². The van der Waals surface area contributed by atoms with Crippen molar-refractivity contribution in [3.63, 3.8) is 0 Å². The van der Waals surface area contributed by atoms with Crippen molar-refractivity contribution in [2.75, 3.05) is 13.2 Å². The highest BCUT2D eigenvalue weighted by molar-refractivity contribution is 5.83. The number of hydrogen-bond donors (Lipinski definition) is 2. The van der Waals surface area contributed by atoms with E-state index >= 15 is 0 Å². The average Bonchev–Trinajstić information content (AvgIpc) is 2.57. The molecule has 26 heavy (non-hydrogen) atoms. The van der Waals surface area contributed by atoms with E-state index < -0.39 is 18.0 Å². The number of carbonyl (C=O) groups excluding carboxylic acids is 2. The van der Waals surface area contributed by atoms with Gasteiger partial charge in [0.1, 0.15) is 25.0 Å². The number of esters is 1. The maximum absolute atomic E-state index is 12.3. The van der Waals surface area contributed by atoms with Crippen LogP contribution in [0.3, 0.4) is 0 Å². The van der Waals surface area contributed by atoms with E-state index in [-0.39, 0.29) is 13.2 Å². The Morgan fingerprint density at radius 3 is 2.31 bits per heavy atom. The normalized spacial score (nSPS) is 11.5. The molecule has 3 N–H and O–H groups in total. The second-order valence-electron chi connectivity index (χ2n) is 6.09. The first kappa shape index (κ1) is 19.3. The molecule has 0 aliphatic rings. The fourth-order valence-corrected chi connectivity index (χ4v) is 2.63. The average molecular weight is 356 g/mol. The van der Waals surface area contributed by atoms with Gasteiger partial charge >= 0.3 is 12.0 Å². The molecule has 0 saturated carbocycles. The summed E-state index contributed by atoms with van der Waals surface area (Å²) in [6, 6.07) is 13.6. The van der Waals surface area contributed by atoms with Crippen molar-refractivity contribution in [1.82, 2.24) is 5.32 Å². The van der Waals surface area contributed by atoms with E-state index in [1.807, 2.05) is 56.3 Å². The van der Waals surface area contributed by atoms with Crippen molar-refractivity contribution in [1.29, 1.82) is 0 Å². The van der Waals surface area contributed by atoms with Gasteiger partial charge in [-0.3, -0.25) is 0 Å². The number of primary amides is 1. The number of aryl methyl sites for hydroxylation is 2. The van der Waals surface area contributed by atoms with E-state index in [2.05, 4.69) is 11.4 Å². The fraction of sp³-hybridized carbons (Fsp3) is 0.300. The molecule has 2 aromatic carbocycles. The number of nitrogens with two attached hydrogens (primary N) is 1. The third-order valence-electron chi connectivity index (χ3n) is 3.68. The van der Waals surface area contributed by atoms with Crippen LogP contribution in [-0.2, 0) is 16.0 Å². The quantitative estimate of drug-likeness (QED) is 0.562. The van der Waals surface area contributed by atoms with Crippen LogP contribution in [0.15, 0.2) is 48.5 Å². The highest BCUT2D eigenvalue weighted by Crippen LogP contribution is 2.16. The molecule has 2 amide bonds. The van der Waals surface area contributed by atoms with Crippen molar-refractivity contribution in [3.8, 4) is 5.75 Å². The Morgan fingerprint density at radius 2 is 1.69 bits per heavy atom. The van der Waals surface area contributed by atoms with E-state index in [1.54, 1.807) is 0 Å². The van der Waals surface area contributed by atoms with Gasteiger partial charge in [-0.15, -0.1) is 0 Å². The van der Waals surface area contributed by atoms with Crippen molar-refractivity contribution in [2.24, 2.45) is 5.73 Å². The topological polar surface area (TPSA) is 90.7 Å². The molecule has 0 radical (unpaired) electrons. The lowest BCUT2D eigenvalue weighted by Gasteiger charge is -2.17. The zero-order valence-corrected chi connectivity index (χ0v) is 15.0. The van der Waals surface area contributed by atoms with E-state index in [9.17, 15) is 9.59 Å². The van der Waals surface area contributed by atoms with E-state index in [4.69, 9.17) is 15.2 Å². The van der Waals surface area contributed by atoms with Gasteiger partial charge in [0.25, 0.3) is 0 Å². The van der Waals surface area contributed by atoms with Gasteiger partial charge in [-0.2, -0.15) is 0 Å². The minimum absolute atomic E-state index is 0.0809. The third kappa shape index (κ3) is 6.47. The lowest BCUT2D eigenvalue weighted by atomic mass is 10.1. The molecule has 0 bridgehead atoms. The molecule has 0 aliphatic carbocycles. The van der Waals surface area contributed by atoms with Crippen LogP contribution in [0, 0.1) is 13.8 Å². The minimum Gasteiger partial charge on any atom is -0.490 e. The van der Waals surface area contributed by atoms with Crippen LogP contribution in [0.2, 0.25) is 0 Å². The number of benzene rings is 2. The van der Waals surface area contributed by atoms with Crippen molar-refractivity contribution in [3.05, 3.63) is 65.2 Å². The molecule has 6 nitrogen and oxygen atoms in total. The molecule has 6 heteroatoms. The number of hydrogen-bond acceptors (Lipinski definition) is 4. The highest BCUT2D eigenvalue weighted by atomic mass is 16.6. The molecule has 0 saturated heterocycles. The molecule has 0 aliphatic heterocycles. The Morgan fingerprint density at radius 1 is 1.04 bits per heavy atom. The smallest absolute Gasteiger partial charge is 0.329 e. The number of carbonyl (C=O) groups is 2. The summed E-state index contributed by atoms with van der Waals surface area (Å²) in [6.07, 6.45) is 0.306. The standard InChI is InChI=1S/C20H24N2O4/c1-14-10-15(2)12-17(11-14)25-8-9-26-19(23)18(22-20(21)24)13-16-6-4-3-5-7-16/h3-7,10-12,18H,8-9,13H2,1-2H3,(H3,21,22,24)/t18-/m0/s1. The summed E-state index contributed by atoms with van der Waals surface area (Å²) in [5.41, 5.74) is 8.26. The van der Waals surface area contributed by atoms with Crippen LogP contribution >= 0.6 is 0 Å². The molecule has 0 heterocycles. The fourth-order valence-electron chi connectivity index (χ4n) is 2.63. The maximum atomic E-state index is 12.3. The molecule has 1 atom stereocenters. The van der Waals surface area contributed by atoms with Gasteiger partial charge in [-0.05, 0) is 42.7 Å². The summed E-state index contributed by atoms with van der Waals surface area (Å²) >= 11 is 0. The highest BCUT2D eigenvalue weighted by Gasteiger charge is 2.21. The minimum atomic E-state index is -0.837. The molecule has 0 spiro atoms. The molecule has 0 unspecified atom stereocenters. The molecule has 138 valence electrons. The Bertz CT molecular complexity index is 726. The van der Waals surface area contributed by atoms with Crippen LogP contribution in [0.25, 0.3) is 0 Å². The van der Waals surface area contributed by atoms with Gasteiger partial charge in [0, 0.05) is 6.42 Å². The number of amides is 2. The summed E-state index contributed by atoms with van der Waals surface area (Å²) in [4.78, 5) is 23.4. The molecule has 2 rings (SSSR count). The van der Waals surface area contributed by atoms with Crippen LogP contribution in [0.4, 0.5) is 4.79 Å². The maximum Gasteiger partial charge on any atom is 0.329 e.